The van der Waals surface area contributed by atoms with Gasteiger partial charge in [0.1, 0.15) is 33.6 Å². The van der Waals surface area contributed by atoms with Gasteiger partial charge in [-0.1, -0.05) is 0 Å². The molecule has 0 saturated carbocycles. The van der Waals surface area contributed by atoms with E-state index in [9.17, 15) is 9.59 Å². The third-order valence-corrected chi connectivity index (χ3v) is 3.87. The molecule has 0 spiro atoms. The normalized spacial score (nSPS) is 11.3. The lowest BCUT2D eigenvalue weighted by Gasteiger charge is -2.21. The number of carbonyl (C=O) groups excluding carboxylic acids is 2. The summed E-state index contributed by atoms with van der Waals surface area (Å²) >= 11 is 0. The number of rotatable bonds is 21. The first-order valence-corrected chi connectivity index (χ1v) is 10.1. The molecule has 0 rings (SSSR count). The van der Waals surface area contributed by atoms with Crippen LogP contribution in [0.15, 0.2) is 0 Å². The first-order chi connectivity index (χ1) is 14.5. The number of aliphatic hydroxyl groups excluding tert-OH is 1. The van der Waals surface area contributed by atoms with Gasteiger partial charge in [0.25, 0.3) is 0 Å². The highest BCUT2D eigenvalue weighted by atomic mass is 16.7. The summed E-state index contributed by atoms with van der Waals surface area (Å²) in [5.74, 6) is -0.556. The second-order valence-corrected chi connectivity index (χ2v) is 6.43. The van der Waals surface area contributed by atoms with Crippen molar-refractivity contribution in [3.05, 3.63) is 0 Å². The van der Waals surface area contributed by atoms with Gasteiger partial charge in [0, 0.05) is 32.8 Å². The molecule has 0 aliphatic heterocycles. The zero-order valence-corrected chi connectivity index (χ0v) is 18.5. The van der Waals surface area contributed by atoms with Crippen LogP contribution in [0, 0.1) is 0 Å². The Kier molecular flexibility index (Phi) is 20.0. The van der Waals surface area contributed by atoms with E-state index in [1.807, 2.05) is 30.8 Å². The number of nitrogens with zero attached hydrogens (tertiary/aromatic N) is 2. The Morgan fingerprint density at radius 3 is 1.60 bits per heavy atom. The Morgan fingerprint density at radius 1 is 0.700 bits per heavy atom. The second kappa shape index (κ2) is 20.9. The standard InChI is InChI=1S/C19H38N2O9/c1-4-25-16-26-11-13-29-18(23)5-7-20(2)9-10-21(3)8-6-19(24)30-14-12-27-17-28-15-22/h22H,4-17H2,1-3H3. The van der Waals surface area contributed by atoms with Crippen LogP contribution in [0.2, 0.25) is 0 Å². The average molecular weight is 439 g/mol. The minimum atomic E-state index is -0.407. The molecule has 0 unspecified atom stereocenters. The number of hydrogen-bond acceptors (Lipinski definition) is 11. The average Bonchev–Trinajstić information content (AvgIpc) is 2.74. The summed E-state index contributed by atoms with van der Waals surface area (Å²) < 4.78 is 29.8. The molecule has 1 N–H and O–H groups in total. The Balaban J connectivity index is 3.60. The molecule has 0 atom stereocenters. The molecule has 0 radical (unpaired) electrons. The highest BCUT2D eigenvalue weighted by Crippen LogP contribution is 1.95. The van der Waals surface area contributed by atoms with Crippen molar-refractivity contribution in [3.63, 3.8) is 0 Å². The predicted octanol–water partition coefficient (Wildman–Crippen LogP) is -0.332. The molecule has 178 valence electrons. The number of carbonyl (C=O) groups is 2. The first kappa shape index (κ1) is 28.7. The molecule has 0 aromatic heterocycles. The van der Waals surface area contributed by atoms with Crippen LogP contribution in [-0.2, 0) is 38.0 Å². The van der Waals surface area contributed by atoms with Crippen molar-refractivity contribution in [1.29, 1.82) is 0 Å². The van der Waals surface area contributed by atoms with E-state index in [2.05, 4.69) is 4.74 Å². The van der Waals surface area contributed by atoms with E-state index in [4.69, 9.17) is 28.8 Å². The molecule has 0 amide bonds. The van der Waals surface area contributed by atoms with Gasteiger partial charge in [-0.25, -0.2) is 0 Å². The molecule has 0 fully saturated rings. The van der Waals surface area contributed by atoms with Crippen molar-refractivity contribution in [3.8, 4) is 0 Å². The number of aliphatic hydroxyl groups is 1. The number of ether oxygens (including phenoxy) is 6. The van der Waals surface area contributed by atoms with Crippen LogP contribution < -0.4 is 0 Å². The fourth-order valence-electron chi connectivity index (χ4n) is 2.06. The Bertz CT molecular complexity index is 389. The van der Waals surface area contributed by atoms with Crippen LogP contribution in [-0.4, -0.2) is 121 Å². The minimum absolute atomic E-state index is 0.0368. The fraction of sp³-hybridized carbons (Fsp3) is 0.895. The highest BCUT2D eigenvalue weighted by molar-refractivity contribution is 5.69. The van der Waals surface area contributed by atoms with Gasteiger partial charge in [-0.15, -0.1) is 0 Å². The fourth-order valence-corrected chi connectivity index (χ4v) is 2.06. The van der Waals surface area contributed by atoms with Crippen molar-refractivity contribution in [1.82, 2.24) is 9.80 Å². The van der Waals surface area contributed by atoms with Crippen LogP contribution in [0.1, 0.15) is 19.8 Å². The quantitative estimate of drug-likeness (QED) is 0.144. The van der Waals surface area contributed by atoms with Crippen molar-refractivity contribution in [2.24, 2.45) is 0 Å². The molecule has 0 aliphatic carbocycles. The number of hydrogen-bond donors (Lipinski definition) is 1. The van der Waals surface area contributed by atoms with Crippen molar-refractivity contribution >= 4 is 11.9 Å². The van der Waals surface area contributed by atoms with Gasteiger partial charge >= 0.3 is 11.9 Å². The minimum Gasteiger partial charge on any atom is -0.463 e. The van der Waals surface area contributed by atoms with Crippen molar-refractivity contribution in [2.75, 3.05) is 93.7 Å². The maximum Gasteiger partial charge on any atom is 0.307 e. The molecular formula is C19H38N2O9. The maximum absolute atomic E-state index is 11.7. The lowest BCUT2D eigenvalue weighted by molar-refractivity contribution is -0.150. The topological polar surface area (TPSA) is 116 Å². The zero-order chi connectivity index (χ0) is 22.5. The summed E-state index contributed by atoms with van der Waals surface area (Å²) in [6.07, 6.45) is 0.592. The van der Waals surface area contributed by atoms with Gasteiger partial charge in [0.05, 0.1) is 26.1 Å². The van der Waals surface area contributed by atoms with Crippen LogP contribution in [0.25, 0.3) is 0 Å². The third kappa shape index (κ3) is 20.0. The molecule has 0 aromatic carbocycles. The Morgan fingerprint density at radius 2 is 1.17 bits per heavy atom. The third-order valence-electron chi connectivity index (χ3n) is 3.87. The summed E-state index contributed by atoms with van der Waals surface area (Å²) in [7, 11) is 3.86. The monoisotopic (exact) mass is 438 g/mol. The van der Waals surface area contributed by atoms with E-state index in [0.717, 1.165) is 13.1 Å². The van der Waals surface area contributed by atoms with Gasteiger partial charge in [0.15, 0.2) is 0 Å². The molecule has 0 saturated heterocycles. The van der Waals surface area contributed by atoms with Gasteiger partial charge in [-0.3, -0.25) is 9.59 Å². The summed E-state index contributed by atoms with van der Waals surface area (Å²) in [5, 5.41) is 8.40. The maximum atomic E-state index is 11.7. The van der Waals surface area contributed by atoms with Gasteiger partial charge in [0.2, 0.25) is 0 Å². The largest absolute Gasteiger partial charge is 0.463 e. The molecule has 0 bridgehead atoms. The molecule has 0 heterocycles. The summed E-state index contributed by atoms with van der Waals surface area (Å²) in [5.41, 5.74) is 0. The molecule has 30 heavy (non-hydrogen) atoms. The predicted molar refractivity (Wildman–Crippen MR) is 108 cm³/mol. The molecular weight excluding hydrogens is 400 g/mol. The van der Waals surface area contributed by atoms with Gasteiger partial charge in [-0.2, -0.15) is 0 Å². The van der Waals surface area contributed by atoms with Crippen LogP contribution in [0.4, 0.5) is 0 Å². The summed E-state index contributed by atoms with van der Waals surface area (Å²) in [6.45, 7) is 5.81. The van der Waals surface area contributed by atoms with Gasteiger partial charge < -0.3 is 43.3 Å². The summed E-state index contributed by atoms with van der Waals surface area (Å²) in [4.78, 5) is 27.4. The van der Waals surface area contributed by atoms with Crippen molar-refractivity contribution in [2.45, 2.75) is 19.8 Å². The molecule has 0 aliphatic rings. The lowest BCUT2D eigenvalue weighted by Crippen LogP contribution is -2.33. The van der Waals surface area contributed by atoms with Crippen LogP contribution in [0.5, 0.6) is 0 Å². The SMILES string of the molecule is CCOCOCCOC(=O)CCN(C)CCN(C)CCC(=O)OCCOCOCO. The van der Waals surface area contributed by atoms with E-state index < -0.39 is 6.79 Å². The lowest BCUT2D eigenvalue weighted by atomic mass is 10.3. The smallest absolute Gasteiger partial charge is 0.307 e. The number of esters is 2. The Hall–Kier alpha value is -1.34. The van der Waals surface area contributed by atoms with E-state index in [1.54, 1.807) is 0 Å². The van der Waals surface area contributed by atoms with Crippen LogP contribution in [0.3, 0.4) is 0 Å². The van der Waals surface area contributed by atoms with E-state index in [0.29, 0.717) is 32.7 Å². The molecule has 11 nitrogen and oxygen atoms in total. The highest BCUT2D eigenvalue weighted by Gasteiger charge is 2.09. The van der Waals surface area contributed by atoms with E-state index in [1.165, 1.54) is 0 Å². The van der Waals surface area contributed by atoms with Crippen LogP contribution >= 0.6 is 0 Å². The van der Waals surface area contributed by atoms with E-state index >= 15 is 0 Å². The second-order valence-electron chi connectivity index (χ2n) is 6.43. The number of likely N-dealkylation sites (N-methyl/N-ethyl adjacent to an activating group) is 2. The van der Waals surface area contributed by atoms with E-state index in [-0.39, 0.29) is 51.8 Å². The van der Waals surface area contributed by atoms with Gasteiger partial charge in [-0.05, 0) is 21.0 Å². The summed E-state index contributed by atoms with van der Waals surface area (Å²) in [6, 6.07) is 0. The van der Waals surface area contributed by atoms with Crippen molar-refractivity contribution < 1.29 is 43.1 Å². The Labute approximate surface area is 179 Å². The molecule has 0 aromatic rings. The zero-order valence-electron chi connectivity index (χ0n) is 18.5. The molecule has 11 heteroatoms. The first-order valence-electron chi connectivity index (χ1n) is 10.1.